The van der Waals surface area contributed by atoms with Gasteiger partial charge >= 0.3 is 0 Å². The molecule has 0 aliphatic carbocycles. The SMILES string of the molecule is Cn1cncc1CN1CCC(Nc2nccc(N3CCOCC3)n2)C1. The topological polar surface area (TPSA) is 71.3 Å². The average molecular weight is 343 g/mol. The van der Waals surface area contributed by atoms with Gasteiger partial charge in [-0.05, 0) is 12.5 Å². The first-order chi connectivity index (χ1) is 12.3. The summed E-state index contributed by atoms with van der Waals surface area (Å²) in [7, 11) is 2.04. The van der Waals surface area contributed by atoms with Gasteiger partial charge in [0.25, 0.3) is 0 Å². The van der Waals surface area contributed by atoms with Crippen LogP contribution >= 0.6 is 0 Å². The van der Waals surface area contributed by atoms with Gasteiger partial charge in [0.05, 0.1) is 25.2 Å². The first-order valence-electron chi connectivity index (χ1n) is 8.88. The quantitative estimate of drug-likeness (QED) is 0.858. The summed E-state index contributed by atoms with van der Waals surface area (Å²) in [6, 6.07) is 2.35. The fraction of sp³-hybridized carbons (Fsp3) is 0.588. The standard InChI is InChI=1S/C17H25N7O/c1-22-13-18-10-15(22)12-23-5-3-14(11-23)20-17-19-4-2-16(21-17)24-6-8-25-9-7-24/h2,4,10,13-14H,3,5-9,11-12H2,1H3,(H,19,20,21). The fourth-order valence-electron chi connectivity index (χ4n) is 3.43. The Morgan fingerprint density at radius 2 is 2.16 bits per heavy atom. The van der Waals surface area contributed by atoms with E-state index in [9.17, 15) is 0 Å². The molecule has 8 nitrogen and oxygen atoms in total. The summed E-state index contributed by atoms with van der Waals surface area (Å²) in [5, 5.41) is 3.50. The van der Waals surface area contributed by atoms with Crippen LogP contribution < -0.4 is 10.2 Å². The van der Waals surface area contributed by atoms with Gasteiger partial charge in [-0.1, -0.05) is 0 Å². The maximum atomic E-state index is 5.41. The van der Waals surface area contributed by atoms with E-state index >= 15 is 0 Å². The molecular weight excluding hydrogens is 318 g/mol. The van der Waals surface area contributed by atoms with E-state index in [2.05, 4.69) is 29.7 Å². The zero-order chi connectivity index (χ0) is 17.1. The molecule has 2 aliphatic rings. The number of hydrogen-bond acceptors (Lipinski definition) is 7. The van der Waals surface area contributed by atoms with E-state index in [1.54, 1.807) is 0 Å². The number of nitrogens with one attached hydrogen (secondary N) is 1. The maximum Gasteiger partial charge on any atom is 0.224 e. The van der Waals surface area contributed by atoms with E-state index in [1.165, 1.54) is 5.69 Å². The van der Waals surface area contributed by atoms with Crippen LogP contribution in [0.2, 0.25) is 0 Å². The number of rotatable bonds is 5. The van der Waals surface area contributed by atoms with Crippen molar-refractivity contribution in [3.63, 3.8) is 0 Å². The van der Waals surface area contributed by atoms with Crippen molar-refractivity contribution in [3.8, 4) is 0 Å². The summed E-state index contributed by atoms with van der Waals surface area (Å²) in [4.78, 5) is 18.0. The van der Waals surface area contributed by atoms with Gasteiger partial charge in [0.15, 0.2) is 0 Å². The molecule has 4 rings (SSSR count). The minimum atomic E-state index is 0.383. The Hall–Kier alpha value is -2.19. The van der Waals surface area contributed by atoms with Crippen molar-refractivity contribution in [1.82, 2.24) is 24.4 Å². The van der Waals surface area contributed by atoms with Crippen LogP contribution in [-0.2, 0) is 18.3 Å². The van der Waals surface area contributed by atoms with Crippen LogP contribution in [0.3, 0.4) is 0 Å². The van der Waals surface area contributed by atoms with Gasteiger partial charge in [-0.25, -0.2) is 9.97 Å². The molecule has 25 heavy (non-hydrogen) atoms. The van der Waals surface area contributed by atoms with Gasteiger partial charge in [-0.3, -0.25) is 4.90 Å². The van der Waals surface area contributed by atoms with Crippen LogP contribution in [0.4, 0.5) is 11.8 Å². The summed E-state index contributed by atoms with van der Waals surface area (Å²) in [6.07, 6.45) is 6.73. The molecule has 0 bridgehead atoms. The van der Waals surface area contributed by atoms with Crippen molar-refractivity contribution in [2.45, 2.75) is 19.0 Å². The highest BCUT2D eigenvalue weighted by atomic mass is 16.5. The van der Waals surface area contributed by atoms with Gasteiger partial charge in [-0.2, -0.15) is 4.98 Å². The molecule has 2 fully saturated rings. The molecule has 2 aromatic rings. The minimum absolute atomic E-state index is 0.383. The highest BCUT2D eigenvalue weighted by Crippen LogP contribution is 2.18. The number of nitrogens with zero attached hydrogens (tertiary/aromatic N) is 6. The lowest BCUT2D eigenvalue weighted by Gasteiger charge is -2.28. The molecule has 1 unspecified atom stereocenters. The Bertz CT molecular complexity index is 698. The minimum Gasteiger partial charge on any atom is -0.378 e. The Morgan fingerprint density at radius 1 is 1.28 bits per heavy atom. The Morgan fingerprint density at radius 3 is 2.96 bits per heavy atom. The van der Waals surface area contributed by atoms with Crippen molar-refractivity contribution in [2.75, 3.05) is 49.6 Å². The molecule has 0 amide bonds. The Labute approximate surface area is 147 Å². The van der Waals surface area contributed by atoms with E-state index < -0.39 is 0 Å². The van der Waals surface area contributed by atoms with Crippen LogP contribution in [0, 0.1) is 0 Å². The number of morpholine rings is 1. The third kappa shape index (κ3) is 3.91. The number of imidazole rings is 1. The fourth-order valence-corrected chi connectivity index (χ4v) is 3.43. The first kappa shape index (κ1) is 16.3. The highest BCUT2D eigenvalue weighted by Gasteiger charge is 2.24. The number of ether oxygens (including phenoxy) is 1. The van der Waals surface area contributed by atoms with Gasteiger partial charge in [0, 0.05) is 58.2 Å². The maximum absolute atomic E-state index is 5.41. The zero-order valence-electron chi connectivity index (χ0n) is 14.6. The zero-order valence-corrected chi connectivity index (χ0v) is 14.6. The van der Waals surface area contributed by atoms with E-state index in [4.69, 9.17) is 9.72 Å². The number of hydrogen-bond donors (Lipinski definition) is 1. The van der Waals surface area contributed by atoms with Crippen LogP contribution in [0.1, 0.15) is 12.1 Å². The van der Waals surface area contributed by atoms with Crippen molar-refractivity contribution < 1.29 is 4.74 Å². The molecule has 1 atom stereocenters. The molecule has 1 N–H and O–H groups in total. The predicted molar refractivity (Wildman–Crippen MR) is 95.6 cm³/mol. The van der Waals surface area contributed by atoms with Gasteiger partial charge in [0.1, 0.15) is 5.82 Å². The van der Waals surface area contributed by atoms with Crippen LogP contribution in [0.5, 0.6) is 0 Å². The second-order valence-electron chi connectivity index (χ2n) is 6.70. The summed E-state index contributed by atoms with van der Waals surface area (Å²) >= 11 is 0. The monoisotopic (exact) mass is 343 g/mol. The van der Waals surface area contributed by atoms with Crippen molar-refractivity contribution in [2.24, 2.45) is 7.05 Å². The van der Waals surface area contributed by atoms with Crippen molar-refractivity contribution >= 4 is 11.8 Å². The molecule has 0 radical (unpaired) electrons. The Kier molecular flexibility index (Phi) is 4.80. The number of anilines is 2. The Balaban J connectivity index is 1.34. The molecule has 8 heteroatoms. The normalized spacial score (nSPS) is 21.6. The van der Waals surface area contributed by atoms with E-state index in [0.29, 0.717) is 6.04 Å². The third-order valence-electron chi connectivity index (χ3n) is 4.88. The van der Waals surface area contributed by atoms with E-state index in [0.717, 1.165) is 64.1 Å². The molecule has 0 aromatic carbocycles. The molecule has 0 spiro atoms. The van der Waals surface area contributed by atoms with Gasteiger partial charge in [-0.15, -0.1) is 0 Å². The second kappa shape index (κ2) is 7.37. The molecule has 4 heterocycles. The summed E-state index contributed by atoms with van der Waals surface area (Å²) in [5.74, 6) is 1.70. The number of aromatic nitrogens is 4. The molecule has 2 aromatic heterocycles. The number of likely N-dealkylation sites (tertiary alicyclic amines) is 1. The molecule has 2 saturated heterocycles. The van der Waals surface area contributed by atoms with Crippen LogP contribution in [0.25, 0.3) is 0 Å². The lowest BCUT2D eigenvalue weighted by molar-refractivity contribution is 0.122. The van der Waals surface area contributed by atoms with Gasteiger partial charge in [0.2, 0.25) is 5.95 Å². The second-order valence-corrected chi connectivity index (χ2v) is 6.70. The molecular formula is C17H25N7O. The van der Waals surface area contributed by atoms with E-state index in [1.807, 2.05) is 31.8 Å². The lowest BCUT2D eigenvalue weighted by Crippen LogP contribution is -2.37. The summed E-state index contributed by atoms with van der Waals surface area (Å²) < 4.78 is 7.49. The van der Waals surface area contributed by atoms with Gasteiger partial charge < -0.3 is 19.5 Å². The lowest BCUT2D eigenvalue weighted by atomic mass is 10.3. The largest absolute Gasteiger partial charge is 0.378 e. The number of aryl methyl sites for hydroxylation is 1. The van der Waals surface area contributed by atoms with Crippen LogP contribution in [-0.4, -0.2) is 69.9 Å². The first-order valence-corrected chi connectivity index (χ1v) is 8.88. The summed E-state index contributed by atoms with van der Waals surface area (Å²) in [6.45, 7) is 6.30. The highest BCUT2D eigenvalue weighted by molar-refractivity contribution is 5.43. The molecule has 2 aliphatic heterocycles. The average Bonchev–Trinajstić information content (AvgIpc) is 3.26. The molecule has 0 saturated carbocycles. The van der Waals surface area contributed by atoms with E-state index in [-0.39, 0.29) is 0 Å². The van der Waals surface area contributed by atoms with Crippen molar-refractivity contribution in [3.05, 3.63) is 30.5 Å². The third-order valence-corrected chi connectivity index (χ3v) is 4.88. The predicted octanol–water partition coefficient (Wildman–Crippen LogP) is 0.733. The van der Waals surface area contributed by atoms with Crippen LogP contribution in [0.15, 0.2) is 24.8 Å². The summed E-state index contributed by atoms with van der Waals surface area (Å²) in [5.41, 5.74) is 1.24. The molecule has 134 valence electrons. The van der Waals surface area contributed by atoms with Crippen molar-refractivity contribution in [1.29, 1.82) is 0 Å². The smallest absolute Gasteiger partial charge is 0.224 e.